The molecule has 1 aromatic rings. The van der Waals surface area contributed by atoms with Gasteiger partial charge in [-0.15, -0.1) is 0 Å². The number of nitrogens with zero attached hydrogens (tertiary/aromatic N) is 1. The van der Waals surface area contributed by atoms with Gasteiger partial charge in [0.05, 0.1) is 23.3 Å². The summed E-state index contributed by atoms with van der Waals surface area (Å²) in [6.07, 6.45) is -3.30. The smallest absolute Gasteiger partial charge is 0.420 e. The highest BCUT2D eigenvalue weighted by molar-refractivity contribution is 5.43. The van der Waals surface area contributed by atoms with Crippen LogP contribution in [0, 0.1) is 11.3 Å². The molecule has 5 heteroatoms. The SMILES string of the molecule is CCCC(C)Oc1ccc(C#N)cc1C(F)(F)F. The summed E-state index contributed by atoms with van der Waals surface area (Å²) in [6.45, 7) is 3.66. The number of alkyl halides is 3. The van der Waals surface area contributed by atoms with E-state index in [0.29, 0.717) is 6.42 Å². The third-order valence-corrected chi connectivity index (χ3v) is 2.44. The zero-order chi connectivity index (χ0) is 13.8. The van der Waals surface area contributed by atoms with Crippen molar-refractivity contribution < 1.29 is 17.9 Å². The van der Waals surface area contributed by atoms with Crippen LogP contribution in [-0.4, -0.2) is 6.10 Å². The molecule has 0 aliphatic heterocycles. The van der Waals surface area contributed by atoms with Crippen molar-refractivity contribution in [3.63, 3.8) is 0 Å². The molecule has 0 heterocycles. The van der Waals surface area contributed by atoms with Gasteiger partial charge in [0.15, 0.2) is 0 Å². The van der Waals surface area contributed by atoms with E-state index in [1.807, 2.05) is 6.92 Å². The van der Waals surface area contributed by atoms with E-state index < -0.39 is 11.7 Å². The zero-order valence-corrected chi connectivity index (χ0v) is 10.2. The van der Waals surface area contributed by atoms with Crippen LogP contribution in [0.25, 0.3) is 0 Å². The van der Waals surface area contributed by atoms with Gasteiger partial charge in [-0.2, -0.15) is 18.4 Å². The second kappa shape index (κ2) is 5.76. The number of halogens is 3. The molecular formula is C13H14F3NO. The van der Waals surface area contributed by atoms with Crippen molar-refractivity contribution in [2.75, 3.05) is 0 Å². The summed E-state index contributed by atoms with van der Waals surface area (Å²) in [4.78, 5) is 0. The lowest BCUT2D eigenvalue weighted by Gasteiger charge is -2.18. The standard InChI is InChI=1S/C13H14F3NO/c1-3-4-9(2)18-12-6-5-10(8-17)7-11(12)13(14,15)16/h5-7,9H,3-4H2,1-2H3. The Kier molecular flexibility index (Phi) is 4.60. The fourth-order valence-electron chi connectivity index (χ4n) is 1.61. The monoisotopic (exact) mass is 257 g/mol. The first-order valence-corrected chi connectivity index (χ1v) is 5.66. The van der Waals surface area contributed by atoms with Crippen molar-refractivity contribution in [2.24, 2.45) is 0 Å². The number of benzene rings is 1. The van der Waals surface area contributed by atoms with Crippen molar-refractivity contribution in [2.45, 2.75) is 39.0 Å². The molecule has 0 aliphatic carbocycles. The minimum absolute atomic E-state index is 0.0298. The third kappa shape index (κ3) is 3.66. The highest BCUT2D eigenvalue weighted by Gasteiger charge is 2.35. The van der Waals surface area contributed by atoms with Gasteiger partial charge >= 0.3 is 6.18 Å². The molecule has 0 bridgehead atoms. The predicted molar refractivity (Wildman–Crippen MR) is 61.2 cm³/mol. The second-order valence-corrected chi connectivity index (χ2v) is 4.04. The second-order valence-electron chi connectivity index (χ2n) is 4.04. The average molecular weight is 257 g/mol. The summed E-state index contributed by atoms with van der Waals surface area (Å²) in [5.74, 6) is -0.220. The highest BCUT2D eigenvalue weighted by Crippen LogP contribution is 2.37. The van der Waals surface area contributed by atoms with Gasteiger partial charge in [0.25, 0.3) is 0 Å². The van der Waals surface area contributed by atoms with Crippen LogP contribution >= 0.6 is 0 Å². The summed E-state index contributed by atoms with van der Waals surface area (Å²) in [6, 6.07) is 5.03. The molecule has 0 N–H and O–H groups in total. The molecule has 0 radical (unpaired) electrons. The first-order valence-electron chi connectivity index (χ1n) is 5.66. The third-order valence-electron chi connectivity index (χ3n) is 2.44. The summed E-state index contributed by atoms with van der Waals surface area (Å²) < 4.78 is 43.7. The molecule has 1 rings (SSSR count). The minimum Gasteiger partial charge on any atom is -0.490 e. The van der Waals surface area contributed by atoms with E-state index in [1.54, 1.807) is 13.0 Å². The lowest BCUT2D eigenvalue weighted by molar-refractivity contribution is -0.139. The van der Waals surface area contributed by atoms with Crippen molar-refractivity contribution in [3.05, 3.63) is 29.3 Å². The molecule has 0 aromatic heterocycles. The predicted octanol–water partition coefficient (Wildman–Crippen LogP) is 4.14. The molecule has 1 unspecified atom stereocenters. The summed E-state index contributed by atoms with van der Waals surface area (Å²) in [5.41, 5.74) is -0.928. The quantitative estimate of drug-likeness (QED) is 0.811. The van der Waals surface area contributed by atoms with E-state index in [9.17, 15) is 13.2 Å². The lowest BCUT2D eigenvalue weighted by atomic mass is 10.1. The zero-order valence-electron chi connectivity index (χ0n) is 10.2. The topological polar surface area (TPSA) is 33.0 Å². The van der Waals surface area contributed by atoms with Gasteiger partial charge < -0.3 is 4.74 Å². The largest absolute Gasteiger partial charge is 0.490 e. The van der Waals surface area contributed by atoms with Crippen LogP contribution in [0.2, 0.25) is 0 Å². The normalized spacial score (nSPS) is 12.9. The van der Waals surface area contributed by atoms with Gasteiger partial charge in [-0.3, -0.25) is 0 Å². The van der Waals surface area contributed by atoms with Crippen molar-refractivity contribution in [1.82, 2.24) is 0 Å². The van der Waals surface area contributed by atoms with E-state index in [-0.39, 0.29) is 17.4 Å². The molecular weight excluding hydrogens is 243 g/mol. The molecule has 98 valence electrons. The van der Waals surface area contributed by atoms with Crippen molar-refractivity contribution >= 4 is 0 Å². The van der Waals surface area contributed by atoms with Gasteiger partial charge in [0, 0.05) is 0 Å². The molecule has 0 saturated carbocycles. The van der Waals surface area contributed by atoms with Gasteiger partial charge in [0.2, 0.25) is 0 Å². The Morgan fingerprint density at radius 1 is 1.39 bits per heavy atom. The van der Waals surface area contributed by atoms with Gasteiger partial charge in [-0.1, -0.05) is 13.3 Å². The molecule has 0 saturated heterocycles. The first kappa shape index (κ1) is 14.4. The van der Waals surface area contributed by atoms with Crippen LogP contribution in [0.15, 0.2) is 18.2 Å². The van der Waals surface area contributed by atoms with E-state index in [1.165, 1.54) is 12.1 Å². The molecule has 0 fully saturated rings. The van der Waals surface area contributed by atoms with Crippen LogP contribution < -0.4 is 4.74 Å². The van der Waals surface area contributed by atoms with Gasteiger partial charge in [0.1, 0.15) is 5.75 Å². The molecule has 0 aliphatic rings. The maximum absolute atomic E-state index is 12.8. The Balaban J connectivity index is 3.08. The van der Waals surface area contributed by atoms with Crippen molar-refractivity contribution in [3.8, 4) is 11.8 Å². The van der Waals surface area contributed by atoms with Crippen LogP contribution in [0.4, 0.5) is 13.2 Å². The lowest BCUT2D eigenvalue weighted by Crippen LogP contribution is -2.15. The maximum Gasteiger partial charge on any atom is 0.420 e. The van der Waals surface area contributed by atoms with E-state index >= 15 is 0 Å². The number of hydrogen-bond acceptors (Lipinski definition) is 2. The van der Waals surface area contributed by atoms with Crippen LogP contribution in [-0.2, 0) is 6.18 Å². The van der Waals surface area contributed by atoms with E-state index in [2.05, 4.69) is 0 Å². The summed E-state index contributed by atoms with van der Waals surface area (Å²) >= 11 is 0. The Bertz CT molecular complexity index is 449. The highest BCUT2D eigenvalue weighted by atomic mass is 19.4. The fraction of sp³-hybridized carbons (Fsp3) is 0.462. The number of rotatable bonds is 4. The van der Waals surface area contributed by atoms with E-state index in [4.69, 9.17) is 10.00 Å². The van der Waals surface area contributed by atoms with Crippen molar-refractivity contribution in [1.29, 1.82) is 5.26 Å². The number of ether oxygens (including phenoxy) is 1. The maximum atomic E-state index is 12.8. The van der Waals surface area contributed by atoms with Crippen LogP contribution in [0.1, 0.15) is 37.8 Å². The molecule has 0 spiro atoms. The number of hydrogen-bond donors (Lipinski definition) is 0. The Hall–Kier alpha value is -1.70. The van der Waals surface area contributed by atoms with Gasteiger partial charge in [-0.05, 0) is 31.5 Å². The van der Waals surface area contributed by atoms with Crippen LogP contribution in [0.5, 0.6) is 5.75 Å². The summed E-state index contributed by atoms with van der Waals surface area (Å²) in [7, 11) is 0. The Morgan fingerprint density at radius 3 is 2.56 bits per heavy atom. The minimum atomic E-state index is -4.52. The fourth-order valence-corrected chi connectivity index (χ4v) is 1.61. The molecule has 18 heavy (non-hydrogen) atoms. The van der Waals surface area contributed by atoms with Crippen LogP contribution in [0.3, 0.4) is 0 Å². The first-order chi connectivity index (χ1) is 8.38. The molecule has 1 aromatic carbocycles. The Labute approximate surface area is 104 Å². The molecule has 0 amide bonds. The number of nitriles is 1. The summed E-state index contributed by atoms with van der Waals surface area (Å²) in [5, 5.41) is 8.63. The van der Waals surface area contributed by atoms with E-state index in [0.717, 1.165) is 12.5 Å². The van der Waals surface area contributed by atoms with Gasteiger partial charge in [-0.25, -0.2) is 0 Å². The molecule has 2 nitrogen and oxygen atoms in total. The molecule has 1 atom stereocenters. The average Bonchev–Trinajstić information content (AvgIpc) is 2.28. The Morgan fingerprint density at radius 2 is 2.06 bits per heavy atom.